The average molecular weight is 427 g/mol. The predicted molar refractivity (Wildman–Crippen MR) is 116 cm³/mol. The molecular formula is C21H21N3O5S. The lowest BCUT2D eigenvalue weighted by Crippen LogP contribution is -2.33. The zero-order valence-corrected chi connectivity index (χ0v) is 17.3. The zero-order chi connectivity index (χ0) is 21.7. The standard InChI is InChI=1S/C21H21N3O5S/c1-3-24-19(26)17(30-21(24)23-15-6-4-5-7-16(15)29-2)12-18(25)22-14-10-8-13(9-11-14)20(27)28/h4-11,17H,3,12H2,1-2H3,(H,22,25)(H,27,28). The van der Waals surface area contributed by atoms with Gasteiger partial charge in [0.25, 0.3) is 0 Å². The van der Waals surface area contributed by atoms with Crippen LogP contribution in [0.3, 0.4) is 0 Å². The van der Waals surface area contributed by atoms with E-state index in [9.17, 15) is 14.4 Å². The van der Waals surface area contributed by atoms with E-state index in [-0.39, 0.29) is 23.8 Å². The minimum atomic E-state index is -1.04. The van der Waals surface area contributed by atoms with Crippen molar-refractivity contribution in [1.29, 1.82) is 0 Å². The fourth-order valence-corrected chi connectivity index (χ4v) is 4.13. The van der Waals surface area contributed by atoms with Crippen molar-refractivity contribution < 1.29 is 24.2 Å². The Morgan fingerprint density at radius 3 is 2.53 bits per heavy atom. The highest BCUT2D eigenvalue weighted by atomic mass is 32.2. The number of benzene rings is 2. The van der Waals surface area contributed by atoms with Crippen molar-refractivity contribution in [3.63, 3.8) is 0 Å². The van der Waals surface area contributed by atoms with Crippen LogP contribution in [0.25, 0.3) is 0 Å². The number of amides is 2. The number of ether oxygens (including phenoxy) is 1. The Morgan fingerprint density at radius 2 is 1.90 bits per heavy atom. The normalized spacial score (nSPS) is 17.3. The van der Waals surface area contributed by atoms with E-state index >= 15 is 0 Å². The number of carboxylic acid groups (broad SMARTS) is 1. The van der Waals surface area contributed by atoms with Crippen LogP contribution in [0, 0.1) is 0 Å². The molecule has 0 radical (unpaired) electrons. The van der Waals surface area contributed by atoms with Crippen molar-refractivity contribution in [3.8, 4) is 5.75 Å². The largest absolute Gasteiger partial charge is 0.494 e. The summed E-state index contributed by atoms with van der Waals surface area (Å²) in [4.78, 5) is 42.2. The van der Waals surface area contributed by atoms with Crippen LogP contribution in [0.4, 0.5) is 11.4 Å². The first-order valence-electron chi connectivity index (χ1n) is 9.26. The highest BCUT2D eigenvalue weighted by Crippen LogP contribution is 2.34. The number of nitrogens with zero attached hydrogens (tertiary/aromatic N) is 2. The lowest BCUT2D eigenvalue weighted by atomic mass is 10.2. The summed E-state index contributed by atoms with van der Waals surface area (Å²) in [5.41, 5.74) is 1.21. The summed E-state index contributed by atoms with van der Waals surface area (Å²) >= 11 is 1.24. The van der Waals surface area contributed by atoms with Crippen LogP contribution in [0.5, 0.6) is 5.75 Å². The molecule has 0 aromatic heterocycles. The number of carboxylic acids is 1. The smallest absolute Gasteiger partial charge is 0.335 e. The third-order valence-electron chi connectivity index (χ3n) is 4.42. The molecule has 1 aliphatic heterocycles. The van der Waals surface area contributed by atoms with Crippen LogP contribution in [0.2, 0.25) is 0 Å². The first-order chi connectivity index (χ1) is 14.4. The maximum absolute atomic E-state index is 12.7. The summed E-state index contributed by atoms with van der Waals surface area (Å²) in [6.45, 7) is 2.29. The number of nitrogens with one attached hydrogen (secondary N) is 1. The molecule has 2 aromatic rings. The van der Waals surface area contributed by atoms with Gasteiger partial charge in [-0.2, -0.15) is 0 Å². The summed E-state index contributed by atoms with van der Waals surface area (Å²) in [5.74, 6) is -0.950. The SMILES string of the molecule is CCN1C(=O)C(CC(=O)Nc2ccc(C(=O)O)cc2)SC1=Nc1ccccc1OC. The van der Waals surface area contributed by atoms with Crippen LogP contribution in [-0.4, -0.2) is 51.9 Å². The zero-order valence-electron chi connectivity index (χ0n) is 16.5. The van der Waals surface area contributed by atoms with Gasteiger partial charge in [-0.3, -0.25) is 14.5 Å². The van der Waals surface area contributed by atoms with Crippen molar-refractivity contribution >= 4 is 46.1 Å². The van der Waals surface area contributed by atoms with E-state index in [2.05, 4.69) is 10.3 Å². The average Bonchev–Trinajstić information content (AvgIpc) is 3.02. The van der Waals surface area contributed by atoms with Gasteiger partial charge in [-0.05, 0) is 43.3 Å². The van der Waals surface area contributed by atoms with Crippen molar-refractivity contribution in [2.45, 2.75) is 18.6 Å². The molecule has 8 nitrogen and oxygen atoms in total. The molecule has 156 valence electrons. The fraction of sp³-hybridized carbons (Fsp3) is 0.238. The maximum atomic E-state index is 12.7. The number of hydrogen-bond acceptors (Lipinski definition) is 6. The molecular weight excluding hydrogens is 406 g/mol. The van der Waals surface area contributed by atoms with E-state index in [4.69, 9.17) is 9.84 Å². The highest BCUT2D eigenvalue weighted by molar-refractivity contribution is 8.15. The molecule has 2 aromatic carbocycles. The second-order valence-electron chi connectivity index (χ2n) is 6.39. The first-order valence-corrected chi connectivity index (χ1v) is 10.1. The number of methoxy groups -OCH3 is 1. The van der Waals surface area contributed by atoms with E-state index in [0.29, 0.717) is 28.8 Å². The van der Waals surface area contributed by atoms with Gasteiger partial charge in [0.05, 0.1) is 12.7 Å². The van der Waals surface area contributed by atoms with E-state index in [1.165, 1.54) is 36.0 Å². The Morgan fingerprint density at radius 1 is 1.20 bits per heavy atom. The number of rotatable bonds is 7. The minimum absolute atomic E-state index is 0.0222. The molecule has 1 aliphatic rings. The lowest BCUT2D eigenvalue weighted by Gasteiger charge is -2.14. The van der Waals surface area contributed by atoms with Crippen LogP contribution < -0.4 is 10.1 Å². The van der Waals surface area contributed by atoms with Crippen LogP contribution in [-0.2, 0) is 9.59 Å². The van der Waals surface area contributed by atoms with Crippen LogP contribution >= 0.6 is 11.8 Å². The van der Waals surface area contributed by atoms with Crippen LogP contribution in [0.15, 0.2) is 53.5 Å². The molecule has 0 aliphatic carbocycles. The maximum Gasteiger partial charge on any atom is 0.335 e. The van der Waals surface area contributed by atoms with Crippen molar-refractivity contribution in [2.24, 2.45) is 4.99 Å². The molecule has 1 atom stereocenters. The van der Waals surface area contributed by atoms with Gasteiger partial charge >= 0.3 is 5.97 Å². The summed E-state index contributed by atoms with van der Waals surface area (Å²) in [6, 6.07) is 13.1. The molecule has 2 N–H and O–H groups in total. The van der Waals surface area contributed by atoms with Gasteiger partial charge in [0.2, 0.25) is 11.8 Å². The Balaban J connectivity index is 1.70. The monoisotopic (exact) mass is 427 g/mol. The summed E-state index contributed by atoms with van der Waals surface area (Å²) in [5, 5.41) is 11.6. The number of thioether (sulfide) groups is 1. The summed E-state index contributed by atoms with van der Waals surface area (Å²) < 4.78 is 5.31. The van der Waals surface area contributed by atoms with E-state index in [0.717, 1.165) is 0 Å². The number of carbonyl (C=O) groups is 3. The second kappa shape index (κ2) is 9.45. The molecule has 3 rings (SSSR count). The van der Waals surface area contributed by atoms with Crippen molar-refractivity contribution in [3.05, 3.63) is 54.1 Å². The number of anilines is 1. The van der Waals surface area contributed by atoms with Crippen molar-refractivity contribution in [1.82, 2.24) is 4.90 Å². The molecule has 0 saturated carbocycles. The van der Waals surface area contributed by atoms with Crippen LogP contribution in [0.1, 0.15) is 23.7 Å². The quantitative estimate of drug-likeness (QED) is 0.701. The van der Waals surface area contributed by atoms with Gasteiger partial charge in [-0.15, -0.1) is 0 Å². The first kappa shape index (κ1) is 21.4. The Hall–Kier alpha value is -3.33. The summed E-state index contributed by atoms with van der Waals surface area (Å²) in [6.07, 6.45) is -0.0222. The topological polar surface area (TPSA) is 108 Å². The van der Waals surface area contributed by atoms with E-state index < -0.39 is 11.2 Å². The van der Waals surface area contributed by atoms with Gasteiger partial charge in [0.15, 0.2) is 5.17 Å². The van der Waals surface area contributed by atoms with Gasteiger partial charge in [0, 0.05) is 18.7 Å². The molecule has 2 amide bonds. The molecule has 30 heavy (non-hydrogen) atoms. The molecule has 1 saturated heterocycles. The van der Waals surface area contributed by atoms with Gasteiger partial charge in [0.1, 0.15) is 16.7 Å². The number of aromatic carboxylic acids is 1. The number of amidine groups is 1. The number of aliphatic imine (C=N–C) groups is 1. The van der Waals surface area contributed by atoms with Gasteiger partial charge < -0.3 is 15.2 Å². The predicted octanol–water partition coefficient (Wildman–Crippen LogP) is 3.37. The lowest BCUT2D eigenvalue weighted by molar-refractivity contribution is -0.128. The Kier molecular flexibility index (Phi) is 6.73. The molecule has 1 unspecified atom stereocenters. The second-order valence-corrected chi connectivity index (χ2v) is 7.56. The fourth-order valence-electron chi connectivity index (χ4n) is 2.92. The molecule has 0 spiro atoms. The van der Waals surface area contributed by atoms with Gasteiger partial charge in [-0.1, -0.05) is 23.9 Å². The number of carbonyl (C=O) groups excluding carboxylic acids is 2. The number of para-hydroxylation sites is 2. The third kappa shape index (κ3) is 4.80. The highest BCUT2D eigenvalue weighted by Gasteiger charge is 2.38. The van der Waals surface area contributed by atoms with Crippen molar-refractivity contribution in [2.75, 3.05) is 19.0 Å². The third-order valence-corrected chi connectivity index (χ3v) is 5.60. The minimum Gasteiger partial charge on any atom is -0.494 e. The Labute approximate surface area is 177 Å². The van der Waals surface area contributed by atoms with Gasteiger partial charge in [-0.25, -0.2) is 9.79 Å². The molecule has 0 bridgehead atoms. The Bertz CT molecular complexity index is 990. The molecule has 9 heteroatoms. The van der Waals surface area contributed by atoms with E-state index in [1.807, 2.05) is 19.1 Å². The molecule has 1 heterocycles. The van der Waals surface area contributed by atoms with E-state index in [1.54, 1.807) is 24.1 Å². The number of hydrogen-bond donors (Lipinski definition) is 2. The summed E-state index contributed by atoms with van der Waals surface area (Å²) in [7, 11) is 1.56. The molecule has 1 fully saturated rings.